The van der Waals surface area contributed by atoms with Crippen molar-refractivity contribution in [1.29, 1.82) is 0 Å². The van der Waals surface area contributed by atoms with E-state index in [1.54, 1.807) is 0 Å². The van der Waals surface area contributed by atoms with Gasteiger partial charge in [-0.2, -0.15) is 0 Å². The third-order valence-electron chi connectivity index (χ3n) is 4.14. The smallest absolute Gasteiger partial charge is 0.0655 e. The van der Waals surface area contributed by atoms with Crippen molar-refractivity contribution in [3.63, 3.8) is 0 Å². The van der Waals surface area contributed by atoms with Crippen molar-refractivity contribution in [2.24, 2.45) is 0 Å². The molecule has 1 saturated carbocycles. The number of rotatable bonds is 3. The molecule has 1 aliphatic carbocycles. The van der Waals surface area contributed by atoms with Crippen LogP contribution < -0.4 is 11.1 Å². The van der Waals surface area contributed by atoms with E-state index in [-0.39, 0.29) is 0 Å². The van der Waals surface area contributed by atoms with Crippen molar-refractivity contribution in [3.05, 3.63) is 48.5 Å². The zero-order valence-corrected chi connectivity index (χ0v) is 11.8. The third kappa shape index (κ3) is 2.79. The summed E-state index contributed by atoms with van der Waals surface area (Å²) in [6.45, 7) is 0. The van der Waals surface area contributed by atoms with Gasteiger partial charge in [0.15, 0.2) is 0 Å². The van der Waals surface area contributed by atoms with Gasteiger partial charge in [-0.05, 0) is 24.5 Å². The van der Waals surface area contributed by atoms with E-state index in [9.17, 15) is 0 Å². The minimum Gasteiger partial charge on any atom is -0.397 e. The number of nitrogens with one attached hydrogen (secondary N) is 1. The summed E-state index contributed by atoms with van der Waals surface area (Å²) in [7, 11) is 0. The predicted octanol–water partition coefficient (Wildman–Crippen LogP) is 4.68. The lowest BCUT2D eigenvalue weighted by Gasteiger charge is -2.26. The summed E-state index contributed by atoms with van der Waals surface area (Å²) in [5, 5.41) is 3.69. The van der Waals surface area contributed by atoms with Crippen LogP contribution in [0.4, 0.5) is 11.4 Å². The summed E-state index contributed by atoms with van der Waals surface area (Å²) < 4.78 is 0. The van der Waals surface area contributed by atoms with Crippen molar-refractivity contribution in [2.45, 2.75) is 38.1 Å². The summed E-state index contributed by atoms with van der Waals surface area (Å²) in [6.07, 6.45) is 6.52. The maximum Gasteiger partial charge on any atom is 0.0655 e. The topological polar surface area (TPSA) is 38.0 Å². The van der Waals surface area contributed by atoms with E-state index in [4.69, 9.17) is 5.73 Å². The molecular weight excluding hydrogens is 244 g/mol. The Kier molecular flexibility index (Phi) is 3.91. The molecule has 1 aliphatic rings. The molecule has 0 aromatic heterocycles. The molecule has 0 aliphatic heterocycles. The first kappa shape index (κ1) is 13.0. The molecule has 104 valence electrons. The lowest BCUT2D eigenvalue weighted by Crippen LogP contribution is -2.23. The number of benzene rings is 2. The second-order valence-corrected chi connectivity index (χ2v) is 5.62. The Morgan fingerprint density at radius 2 is 1.60 bits per heavy atom. The van der Waals surface area contributed by atoms with Gasteiger partial charge < -0.3 is 11.1 Å². The molecule has 0 spiro atoms. The van der Waals surface area contributed by atoms with E-state index < -0.39 is 0 Å². The zero-order valence-electron chi connectivity index (χ0n) is 11.8. The van der Waals surface area contributed by atoms with Gasteiger partial charge in [0.1, 0.15) is 0 Å². The van der Waals surface area contributed by atoms with Crippen molar-refractivity contribution < 1.29 is 0 Å². The first-order valence-corrected chi connectivity index (χ1v) is 7.55. The van der Waals surface area contributed by atoms with Crippen LogP contribution in [0.5, 0.6) is 0 Å². The van der Waals surface area contributed by atoms with E-state index in [0.29, 0.717) is 6.04 Å². The second-order valence-electron chi connectivity index (χ2n) is 5.62. The van der Waals surface area contributed by atoms with Crippen LogP contribution >= 0.6 is 0 Å². The Morgan fingerprint density at radius 1 is 0.850 bits per heavy atom. The number of para-hydroxylation sites is 1. The zero-order chi connectivity index (χ0) is 13.8. The Morgan fingerprint density at radius 3 is 2.35 bits per heavy atom. The summed E-state index contributed by atoms with van der Waals surface area (Å²) in [5.74, 6) is 0. The van der Waals surface area contributed by atoms with E-state index in [2.05, 4.69) is 35.6 Å². The number of anilines is 2. The Hall–Kier alpha value is -1.96. The van der Waals surface area contributed by atoms with Gasteiger partial charge >= 0.3 is 0 Å². The van der Waals surface area contributed by atoms with Gasteiger partial charge in [0.25, 0.3) is 0 Å². The first-order chi connectivity index (χ1) is 9.84. The van der Waals surface area contributed by atoms with Gasteiger partial charge in [-0.15, -0.1) is 0 Å². The van der Waals surface area contributed by atoms with Gasteiger partial charge in [0.2, 0.25) is 0 Å². The van der Waals surface area contributed by atoms with E-state index in [1.165, 1.54) is 43.2 Å². The largest absolute Gasteiger partial charge is 0.397 e. The van der Waals surface area contributed by atoms with Crippen LogP contribution in [0.1, 0.15) is 32.1 Å². The van der Waals surface area contributed by atoms with Crippen molar-refractivity contribution >= 4 is 11.4 Å². The lowest BCUT2D eigenvalue weighted by atomic mass is 9.94. The molecule has 3 rings (SSSR count). The van der Waals surface area contributed by atoms with Gasteiger partial charge in [-0.1, -0.05) is 61.7 Å². The van der Waals surface area contributed by atoms with Gasteiger partial charge in [0, 0.05) is 11.6 Å². The highest BCUT2D eigenvalue weighted by Gasteiger charge is 2.16. The minimum atomic E-state index is 0.566. The van der Waals surface area contributed by atoms with Crippen molar-refractivity contribution in [3.8, 4) is 11.1 Å². The van der Waals surface area contributed by atoms with E-state index in [0.717, 1.165) is 11.4 Å². The van der Waals surface area contributed by atoms with Crippen LogP contribution in [-0.4, -0.2) is 6.04 Å². The molecule has 2 nitrogen and oxygen atoms in total. The Bertz CT molecular complexity index is 557. The molecule has 0 heterocycles. The minimum absolute atomic E-state index is 0.566. The highest BCUT2D eigenvalue weighted by molar-refractivity contribution is 5.86. The molecule has 0 radical (unpaired) electrons. The third-order valence-corrected chi connectivity index (χ3v) is 4.14. The molecule has 0 saturated heterocycles. The molecule has 0 atom stereocenters. The van der Waals surface area contributed by atoms with Crippen molar-refractivity contribution in [2.75, 3.05) is 11.1 Å². The fraction of sp³-hybridized carbons (Fsp3) is 0.333. The average Bonchev–Trinajstić information content (AvgIpc) is 2.51. The maximum absolute atomic E-state index is 6.21. The number of hydrogen-bond donors (Lipinski definition) is 2. The van der Waals surface area contributed by atoms with Crippen molar-refractivity contribution in [1.82, 2.24) is 0 Å². The SMILES string of the molecule is Nc1cccc(-c2ccccc2)c1NC1CCCCC1. The molecule has 0 amide bonds. The highest BCUT2D eigenvalue weighted by atomic mass is 14.9. The maximum atomic E-state index is 6.21. The molecule has 2 heteroatoms. The fourth-order valence-corrected chi connectivity index (χ4v) is 3.04. The van der Waals surface area contributed by atoms with Gasteiger partial charge in [0.05, 0.1) is 11.4 Å². The Labute approximate surface area is 121 Å². The molecule has 2 aromatic rings. The molecular formula is C18H22N2. The van der Waals surface area contributed by atoms with Crippen LogP contribution in [0.2, 0.25) is 0 Å². The quantitative estimate of drug-likeness (QED) is 0.791. The monoisotopic (exact) mass is 266 g/mol. The molecule has 0 unspecified atom stereocenters. The fourth-order valence-electron chi connectivity index (χ4n) is 3.04. The van der Waals surface area contributed by atoms with Crippen LogP contribution in [0.15, 0.2) is 48.5 Å². The normalized spacial score (nSPS) is 16.0. The summed E-state index contributed by atoms with van der Waals surface area (Å²) in [6, 6.07) is 17.2. The van der Waals surface area contributed by atoms with Crippen LogP contribution in [0.3, 0.4) is 0 Å². The summed E-state index contributed by atoms with van der Waals surface area (Å²) >= 11 is 0. The van der Waals surface area contributed by atoms with Crippen LogP contribution in [0, 0.1) is 0 Å². The van der Waals surface area contributed by atoms with E-state index >= 15 is 0 Å². The molecule has 2 aromatic carbocycles. The Balaban J connectivity index is 1.92. The van der Waals surface area contributed by atoms with Crippen LogP contribution in [0.25, 0.3) is 11.1 Å². The van der Waals surface area contributed by atoms with E-state index in [1.807, 2.05) is 18.2 Å². The standard InChI is InChI=1S/C18H22N2/c19-17-13-7-12-16(14-8-3-1-4-9-14)18(17)20-15-10-5-2-6-11-15/h1,3-4,7-9,12-13,15,20H,2,5-6,10-11,19H2. The molecule has 20 heavy (non-hydrogen) atoms. The summed E-state index contributed by atoms with van der Waals surface area (Å²) in [5.41, 5.74) is 10.6. The molecule has 0 bridgehead atoms. The summed E-state index contributed by atoms with van der Waals surface area (Å²) in [4.78, 5) is 0. The highest BCUT2D eigenvalue weighted by Crippen LogP contribution is 2.34. The average molecular weight is 266 g/mol. The first-order valence-electron chi connectivity index (χ1n) is 7.55. The van der Waals surface area contributed by atoms with Gasteiger partial charge in [-0.25, -0.2) is 0 Å². The number of nitrogens with two attached hydrogens (primary N) is 1. The predicted molar refractivity (Wildman–Crippen MR) is 86.8 cm³/mol. The van der Waals surface area contributed by atoms with Gasteiger partial charge in [-0.3, -0.25) is 0 Å². The molecule has 3 N–H and O–H groups in total. The van der Waals surface area contributed by atoms with Crippen LogP contribution in [-0.2, 0) is 0 Å². The lowest BCUT2D eigenvalue weighted by molar-refractivity contribution is 0.463. The number of hydrogen-bond acceptors (Lipinski definition) is 2. The number of nitrogen functional groups attached to an aromatic ring is 1. The molecule has 1 fully saturated rings. The second kappa shape index (κ2) is 6.00.